The van der Waals surface area contributed by atoms with Gasteiger partial charge in [0.2, 0.25) is 0 Å². The number of hydrogen-bond acceptors (Lipinski definition) is 0. The molecule has 0 saturated carbocycles. The van der Waals surface area contributed by atoms with E-state index in [1.807, 2.05) is 0 Å². The molecule has 47 valence electrons. The lowest BCUT2D eigenvalue weighted by molar-refractivity contribution is 0.620. The van der Waals surface area contributed by atoms with Crippen LogP contribution in [0.1, 0.15) is 0 Å². The van der Waals surface area contributed by atoms with Gasteiger partial charge in [-0.15, -0.1) is 0 Å². The second-order valence-corrected chi connectivity index (χ2v) is 3.04. The summed E-state index contributed by atoms with van der Waals surface area (Å²) in [5.74, 6) is -0.277. The lowest BCUT2D eigenvalue weighted by Crippen LogP contribution is -1.75. The van der Waals surface area contributed by atoms with Crippen LogP contribution in [-0.2, 0) is 0 Å². The standard InChI is InChI=1S/C6H2Br2F/c7-4-2-1-3-5(9)6(4)8/h1,3H. The molecule has 0 heterocycles. The number of rotatable bonds is 0. The van der Waals surface area contributed by atoms with Crippen molar-refractivity contribution in [2.45, 2.75) is 0 Å². The Bertz CT molecular complexity index is 202. The SMILES string of the molecule is Fc1cc[c]c(Br)c1Br. The van der Waals surface area contributed by atoms with E-state index in [9.17, 15) is 4.39 Å². The van der Waals surface area contributed by atoms with Crippen LogP contribution in [-0.4, -0.2) is 0 Å². The van der Waals surface area contributed by atoms with Crippen molar-refractivity contribution in [2.75, 3.05) is 0 Å². The maximum Gasteiger partial charge on any atom is 0.138 e. The number of halogens is 3. The molecule has 0 saturated heterocycles. The van der Waals surface area contributed by atoms with Crippen LogP contribution in [0.3, 0.4) is 0 Å². The van der Waals surface area contributed by atoms with Crippen molar-refractivity contribution in [1.29, 1.82) is 0 Å². The van der Waals surface area contributed by atoms with Crippen LogP contribution >= 0.6 is 31.9 Å². The predicted molar refractivity (Wildman–Crippen MR) is 40.6 cm³/mol. The van der Waals surface area contributed by atoms with E-state index in [-0.39, 0.29) is 5.82 Å². The second kappa shape index (κ2) is 2.80. The van der Waals surface area contributed by atoms with E-state index in [0.29, 0.717) is 8.95 Å². The molecule has 0 nitrogen and oxygen atoms in total. The van der Waals surface area contributed by atoms with Crippen molar-refractivity contribution in [3.8, 4) is 0 Å². The van der Waals surface area contributed by atoms with Crippen LogP contribution in [0.4, 0.5) is 4.39 Å². The van der Waals surface area contributed by atoms with Crippen molar-refractivity contribution < 1.29 is 4.39 Å². The maximum absolute atomic E-state index is 12.5. The molecule has 0 unspecified atom stereocenters. The molecule has 0 atom stereocenters. The first kappa shape index (κ1) is 7.22. The minimum absolute atomic E-state index is 0.277. The molecule has 1 rings (SSSR count). The minimum atomic E-state index is -0.277. The highest BCUT2D eigenvalue weighted by molar-refractivity contribution is 9.13. The maximum atomic E-state index is 12.5. The third-order valence-corrected chi connectivity index (χ3v) is 2.77. The van der Waals surface area contributed by atoms with Gasteiger partial charge in [0.25, 0.3) is 0 Å². The molecule has 0 bridgehead atoms. The number of hydrogen-bond donors (Lipinski definition) is 0. The van der Waals surface area contributed by atoms with Crippen molar-refractivity contribution in [2.24, 2.45) is 0 Å². The summed E-state index contributed by atoms with van der Waals surface area (Å²) in [6, 6.07) is 5.63. The molecule has 0 aromatic heterocycles. The Kier molecular flexibility index (Phi) is 2.24. The van der Waals surface area contributed by atoms with Gasteiger partial charge in [-0.3, -0.25) is 0 Å². The van der Waals surface area contributed by atoms with Crippen LogP contribution in [0.15, 0.2) is 21.1 Å². The first-order chi connectivity index (χ1) is 4.22. The average Bonchev–Trinajstić information content (AvgIpc) is 1.83. The molecule has 0 spiro atoms. The molecular formula is C6H2Br2F. The Morgan fingerprint density at radius 3 is 2.56 bits per heavy atom. The zero-order valence-corrected chi connectivity index (χ0v) is 7.46. The molecule has 3 heteroatoms. The molecule has 9 heavy (non-hydrogen) atoms. The van der Waals surface area contributed by atoms with Crippen LogP contribution in [0.25, 0.3) is 0 Å². The predicted octanol–water partition coefficient (Wildman–Crippen LogP) is 3.15. The molecule has 0 N–H and O–H groups in total. The minimum Gasteiger partial charge on any atom is -0.206 e. The van der Waals surface area contributed by atoms with Crippen LogP contribution in [0, 0.1) is 11.9 Å². The Morgan fingerprint density at radius 1 is 1.44 bits per heavy atom. The first-order valence-corrected chi connectivity index (χ1v) is 3.81. The third kappa shape index (κ3) is 1.52. The lowest BCUT2D eigenvalue weighted by Gasteiger charge is -1.93. The molecule has 0 fully saturated rings. The fourth-order valence-corrected chi connectivity index (χ4v) is 0.998. The van der Waals surface area contributed by atoms with Gasteiger partial charge in [-0.25, -0.2) is 4.39 Å². The monoisotopic (exact) mass is 251 g/mol. The van der Waals surface area contributed by atoms with E-state index in [1.54, 1.807) is 0 Å². The summed E-state index contributed by atoms with van der Waals surface area (Å²) in [4.78, 5) is 0. The van der Waals surface area contributed by atoms with Crippen LogP contribution in [0.2, 0.25) is 0 Å². The molecular weight excluding hydrogens is 251 g/mol. The fourth-order valence-electron chi connectivity index (χ4n) is 0.429. The van der Waals surface area contributed by atoms with Gasteiger partial charge >= 0.3 is 0 Å². The zero-order chi connectivity index (χ0) is 6.85. The van der Waals surface area contributed by atoms with Gasteiger partial charge in [0.15, 0.2) is 0 Å². The summed E-state index contributed by atoms with van der Waals surface area (Å²) in [6.07, 6.45) is 0. The summed E-state index contributed by atoms with van der Waals surface area (Å²) >= 11 is 6.13. The first-order valence-electron chi connectivity index (χ1n) is 2.23. The van der Waals surface area contributed by atoms with E-state index in [4.69, 9.17) is 0 Å². The fraction of sp³-hybridized carbons (Fsp3) is 0. The highest BCUT2D eigenvalue weighted by Gasteiger charge is 1.99. The Morgan fingerprint density at radius 2 is 2.11 bits per heavy atom. The van der Waals surface area contributed by atoms with E-state index in [0.717, 1.165) is 0 Å². The quantitative estimate of drug-likeness (QED) is 0.623. The van der Waals surface area contributed by atoms with Gasteiger partial charge in [0.05, 0.1) is 4.47 Å². The van der Waals surface area contributed by atoms with Gasteiger partial charge in [-0.1, -0.05) is 6.07 Å². The molecule has 0 aliphatic carbocycles. The summed E-state index contributed by atoms with van der Waals surface area (Å²) in [6.45, 7) is 0. The smallest absolute Gasteiger partial charge is 0.138 e. The normalized spacial score (nSPS) is 9.67. The van der Waals surface area contributed by atoms with Gasteiger partial charge in [-0.05, 0) is 44.0 Å². The third-order valence-electron chi connectivity index (χ3n) is 0.842. The summed E-state index contributed by atoms with van der Waals surface area (Å²) in [5, 5.41) is 0. The van der Waals surface area contributed by atoms with Crippen molar-refractivity contribution in [3.05, 3.63) is 33.0 Å². The molecule has 1 aromatic rings. The second-order valence-electron chi connectivity index (χ2n) is 1.45. The van der Waals surface area contributed by atoms with Gasteiger partial charge in [0.1, 0.15) is 5.82 Å². The summed E-state index contributed by atoms with van der Waals surface area (Å²) in [5.41, 5.74) is 0. The molecule has 0 aliphatic heterocycles. The number of benzene rings is 1. The van der Waals surface area contributed by atoms with E-state index >= 15 is 0 Å². The van der Waals surface area contributed by atoms with Crippen LogP contribution in [0.5, 0.6) is 0 Å². The van der Waals surface area contributed by atoms with E-state index in [2.05, 4.69) is 37.9 Å². The summed E-state index contributed by atoms with van der Waals surface area (Å²) < 4.78 is 13.5. The molecule has 0 aliphatic rings. The molecule has 1 aromatic carbocycles. The summed E-state index contributed by atoms with van der Waals surface area (Å²) in [7, 11) is 0. The van der Waals surface area contributed by atoms with Gasteiger partial charge in [-0.2, -0.15) is 0 Å². The zero-order valence-electron chi connectivity index (χ0n) is 4.29. The van der Waals surface area contributed by atoms with E-state index in [1.165, 1.54) is 12.1 Å². The topological polar surface area (TPSA) is 0 Å². The lowest BCUT2D eigenvalue weighted by atomic mass is 10.4. The highest BCUT2D eigenvalue weighted by Crippen LogP contribution is 2.24. The largest absolute Gasteiger partial charge is 0.206 e. The highest BCUT2D eigenvalue weighted by atomic mass is 79.9. The Labute approximate surface area is 69.3 Å². The Balaban J connectivity index is 3.25. The average molecular weight is 253 g/mol. The van der Waals surface area contributed by atoms with E-state index < -0.39 is 0 Å². The van der Waals surface area contributed by atoms with Gasteiger partial charge < -0.3 is 0 Å². The molecule has 1 radical (unpaired) electrons. The van der Waals surface area contributed by atoms with Crippen LogP contribution < -0.4 is 0 Å². The van der Waals surface area contributed by atoms with Gasteiger partial charge in [0, 0.05) is 4.47 Å². The molecule has 0 amide bonds. The van der Waals surface area contributed by atoms with Crippen molar-refractivity contribution in [1.82, 2.24) is 0 Å². The van der Waals surface area contributed by atoms with Crippen molar-refractivity contribution >= 4 is 31.9 Å². The Hall–Kier alpha value is 0.110. The van der Waals surface area contributed by atoms with Crippen molar-refractivity contribution in [3.63, 3.8) is 0 Å².